The molecule has 0 aliphatic rings. The summed E-state index contributed by atoms with van der Waals surface area (Å²) in [5.74, 6) is -1.64. The summed E-state index contributed by atoms with van der Waals surface area (Å²) < 4.78 is 24.9. The van der Waals surface area contributed by atoms with Crippen molar-refractivity contribution in [2.75, 3.05) is 14.1 Å². The van der Waals surface area contributed by atoms with Crippen molar-refractivity contribution in [2.24, 2.45) is 0 Å². The molecule has 0 aromatic heterocycles. The molecular weight excluding hydrogens is 308 g/mol. The zero-order chi connectivity index (χ0) is 16.9. The van der Waals surface area contributed by atoms with Crippen molar-refractivity contribution in [3.05, 3.63) is 29.8 Å². The molecule has 0 saturated carbocycles. The summed E-state index contributed by atoms with van der Waals surface area (Å²) in [6, 6.07) is 4.40. The Morgan fingerprint density at radius 2 is 1.77 bits per heavy atom. The third-order valence-corrected chi connectivity index (χ3v) is 4.91. The number of carbonyl (C=O) groups excluding carboxylic acids is 1. The first kappa shape index (κ1) is 18.1. The number of amides is 1. The Morgan fingerprint density at radius 1 is 1.23 bits per heavy atom. The number of carbonyl (C=O) groups is 2. The van der Waals surface area contributed by atoms with Crippen LogP contribution in [-0.2, 0) is 14.8 Å². The average Bonchev–Trinajstić information content (AvgIpc) is 2.46. The van der Waals surface area contributed by atoms with Crippen molar-refractivity contribution in [3.8, 4) is 0 Å². The molecule has 0 aliphatic carbocycles. The van der Waals surface area contributed by atoms with E-state index in [0.717, 1.165) is 4.31 Å². The van der Waals surface area contributed by atoms with Crippen molar-refractivity contribution in [1.29, 1.82) is 0 Å². The summed E-state index contributed by atoms with van der Waals surface area (Å²) in [5, 5.41) is 11.4. The quantitative estimate of drug-likeness (QED) is 0.774. The molecule has 22 heavy (non-hydrogen) atoms. The van der Waals surface area contributed by atoms with Crippen molar-refractivity contribution in [1.82, 2.24) is 9.62 Å². The van der Waals surface area contributed by atoms with Crippen LogP contribution in [0.2, 0.25) is 0 Å². The van der Waals surface area contributed by atoms with Gasteiger partial charge in [0.15, 0.2) is 0 Å². The molecule has 2 N–H and O–H groups in total. The minimum atomic E-state index is -3.56. The fourth-order valence-electron chi connectivity index (χ4n) is 1.78. The predicted octanol–water partition coefficient (Wildman–Crippen LogP) is 0.920. The van der Waals surface area contributed by atoms with Crippen molar-refractivity contribution in [3.63, 3.8) is 0 Å². The van der Waals surface area contributed by atoms with Crippen LogP contribution in [0.1, 0.15) is 30.1 Å². The Balaban J connectivity index is 2.91. The zero-order valence-corrected chi connectivity index (χ0v) is 13.6. The van der Waals surface area contributed by atoms with Gasteiger partial charge in [-0.1, -0.05) is 13.3 Å². The van der Waals surface area contributed by atoms with E-state index in [9.17, 15) is 18.0 Å². The first-order chi connectivity index (χ1) is 10.2. The van der Waals surface area contributed by atoms with Crippen LogP contribution < -0.4 is 5.32 Å². The Labute approximate surface area is 130 Å². The van der Waals surface area contributed by atoms with Gasteiger partial charge in [0, 0.05) is 19.7 Å². The number of rotatable bonds is 7. The van der Waals surface area contributed by atoms with Crippen molar-refractivity contribution >= 4 is 21.9 Å². The van der Waals surface area contributed by atoms with E-state index >= 15 is 0 Å². The molecule has 1 rings (SSSR count). The summed E-state index contributed by atoms with van der Waals surface area (Å²) in [6.45, 7) is 1.82. The normalized spacial score (nSPS) is 12.9. The molecule has 1 aromatic carbocycles. The van der Waals surface area contributed by atoms with Crippen LogP contribution in [0.25, 0.3) is 0 Å². The number of carboxylic acids is 1. The van der Waals surface area contributed by atoms with Gasteiger partial charge >= 0.3 is 5.97 Å². The Kier molecular flexibility index (Phi) is 6.07. The van der Waals surface area contributed by atoms with E-state index in [-0.39, 0.29) is 10.5 Å². The second-order valence-corrected chi connectivity index (χ2v) is 7.12. The Morgan fingerprint density at radius 3 is 2.18 bits per heavy atom. The van der Waals surface area contributed by atoms with E-state index in [1.54, 1.807) is 0 Å². The van der Waals surface area contributed by atoms with Crippen LogP contribution in [0.15, 0.2) is 29.2 Å². The highest BCUT2D eigenvalue weighted by Crippen LogP contribution is 2.14. The molecule has 1 atom stereocenters. The van der Waals surface area contributed by atoms with E-state index in [4.69, 9.17) is 5.11 Å². The molecule has 1 amide bonds. The lowest BCUT2D eigenvalue weighted by atomic mass is 10.1. The average molecular weight is 328 g/mol. The van der Waals surface area contributed by atoms with E-state index < -0.39 is 27.9 Å². The predicted molar refractivity (Wildman–Crippen MR) is 81.1 cm³/mol. The fraction of sp³-hybridized carbons (Fsp3) is 0.429. The number of benzene rings is 1. The monoisotopic (exact) mass is 328 g/mol. The summed E-state index contributed by atoms with van der Waals surface area (Å²) in [4.78, 5) is 23.1. The molecular formula is C14H20N2O5S. The molecule has 122 valence electrons. The van der Waals surface area contributed by atoms with Crippen LogP contribution in [0.4, 0.5) is 0 Å². The van der Waals surface area contributed by atoms with Crippen LogP contribution in [0.5, 0.6) is 0 Å². The van der Waals surface area contributed by atoms with Gasteiger partial charge in [-0.05, 0) is 30.7 Å². The second-order valence-electron chi connectivity index (χ2n) is 4.96. The molecule has 0 aliphatic heterocycles. The SMILES string of the molecule is CCCC(NC(=O)c1ccc(S(=O)(=O)N(C)C)cc1)C(=O)O. The van der Waals surface area contributed by atoms with Gasteiger partial charge in [-0.15, -0.1) is 0 Å². The molecule has 0 fully saturated rings. The van der Waals surface area contributed by atoms with Gasteiger partial charge in [-0.2, -0.15) is 0 Å². The van der Waals surface area contributed by atoms with Gasteiger partial charge in [0.05, 0.1) is 4.90 Å². The van der Waals surface area contributed by atoms with Crippen LogP contribution >= 0.6 is 0 Å². The smallest absolute Gasteiger partial charge is 0.326 e. The summed E-state index contributed by atoms with van der Waals surface area (Å²) in [5.41, 5.74) is 0.208. The number of nitrogens with one attached hydrogen (secondary N) is 1. The zero-order valence-electron chi connectivity index (χ0n) is 12.7. The third kappa shape index (κ3) is 4.28. The minimum absolute atomic E-state index is 0.0670. The molecule has 0 bridgehead atoms. The van der Waals surface area contributed by atoms with Crippen LogP contribution in [-0.4, -0.2) is 49.8 Å². The number of nitrogens with zero attached hydrogens (tertiary/aromatic N) is 1. The standard InChI is InChI=1S/C14H20N2O5S/c1-4-5-12(14(18)19)15-13(17)10-6-8-11(9-7-10)22(20,21)16(2)3/h6-9,12H,4-5H2,1-3H3,(H,15,17)(H,18,19). The molecule has 0 radical (unpaired) electrons. The maximum absolute atomic E-state index is 12.0. The highest BCUT2D eigenvalue weighted by Gasteiger charge is 2.21. The van der Waals surface area contributed by atoms with E-state index in [2.05, 4.69) is 5.32 Å². The third-order valence-electron chi connectivity index (χ3n) is 3.08. The lowest BCUT2D eigenvalue weighted by Gasteiger charge is -2.14. The van der Waals surface area contributed by atoms with Gasteiger partial charge in [0.1, 0.15) is 6.04 Å². The van der Waals surface area contributed by atoms with Gasteiger partial charge in [-0.3, -0.25) is 4.79 Å². The fourth-order valence-corrected chi connectivity index (χ4v) is 2.68. The highest BCUT2D eigenvalue weighted by molar-refractivity contribution is 7.89. The molecule has 8 heteroatoms. The summed E-state index contributed by atoms with van der Waals surface area (Å²) in [6.07, 6.45) is 0.950. The number of hydrogen-bond donors (Lipinski definition) is 2. The first-order valence-electron chi connectivity index (χ1n) is 6.76. The molecule has 7 nitrogen and oxygen atoms in total. The summed E-state index contributed by atoms with van der Waals surface area (Å²) in [7, 11) is -0.727. The number of aliphatic carboxylic acids is 1. The van der Waals surface area contributed by atoms with Crippen LogP contribution in [0.3, 0.4) is 0 Å². The molecule has 0 saturated heterocycles. The lowest BCUT2D eigenvalue weighted by molar-refractivity contribution is -0.139. The molecule has 0 heterocycles. The lowest BCUT2D eigenvalue weighted by Crippen LogP contribution is -2.40. The van der Waals surface area contributed by atoms with Gasteiger partial charge < -0.3 is 10.4 Å². The number of sulfonamides is 1. The Hall–Kier alpha value is -1.93. The van der Waals surface area contributed by atoms with Gasteiger partial charge in [0.2, 0.25) is 10.0 Å². The second kappa shape index (κ2) is 7.37. The number of hydrogen-bond acceptors (Lipinski definition) is 4. The maximum Gasteiger partial charge on any atom is 0.326 e. The molecule has 0 spiro atoms. The number of carboxylic acid groups (broad SMARTS) is 1. The van der Waals surface area contributed by atoms with Crippen LogP contribution in [0, 0.1) is 0 Å². The van der Waals surface area contributed by atoms with E-state index in [1.165, 1.54) is 38.4 Å². The maximum atomic E-state index is 12.0. The van der Waals surface area contributed by atoms with E-state index in [1.807, 2.05) is 6.92 Å². The first-order valence-corrected chi connectivity index (χ1v) is 8.20. The van der Waals surface area contributed by atoms with Gasteiger partial charge in [0.25, 0.3) is 5.91 Å². The largest absolute Gasteiger partial charge is 0.480 e. The highest BCUT2D eigenvalue weighted by atomic mass is 32.2. The summed E-state index contributed by atoms with van der Waals surface area (Å²) >= 11 is 0. The molecule has 1 aromatic rings. The molecule has 1 unspecified atom stereocenters. The van der Waals surface area contributed by atoms with E-state index in [0.29, 0.717) is 12.8 Å². The topological polar surface area (TPSA) is 104 Å². The minimum Gasteiger partial charge on any atom is -0.480 e. The van der Waals surface area contributed by atoms with Gasteiger partial charge in [-0.25, -0.2) is 17.5 Å². The van der Waals surface area contributed by atoms with Crippen molar-refractivity contribution in [2.45, 2.75) is 30.7 Å². The van der Waals surface area contributed by atoms with Crippen molar-refractivity contribution < 1.29 is 23.1 Å². The Bertz CT molecular complexity index is 638.